The predicted octanol–water partition coefficient (Wildman–Crippen LogP) is 1.68. The van der Waals surface area contributed by atoms with Crippen LogP contribution in [-0.4, -0.2) is 18.5 Å². The summed E-state index contributed by atoms with van der Waals surface area (Å²) in [5.74, 6) is 0.335. The van der Waals surface area contributed by atoms with Gasteiger partial charge in [0, 0.05) is 29.9 Å². The number of anilines is 2. The first kappa shape index (κ1) is 12.5. The van der Waals surface area contributed by atoms with E-state index in [4.69, 9.17) is 11.5 Å². The minimum absolute atomic E-state index is 0.0994. The summed E-state index contributed by atoms with van der Waals surface area (Å²) in [6, 6.07) is 6.05. The van der Waals surface area contributed by atoms with E-state index >= 15 is 0 Å². The van der Waals surface area contributed by atoms with Gasteiger partial charge >= 0.3 is 0 Å². The number of hydrogen-bond donors (Lipinski definition) is 2. The van der Waals surface area contributed by atoms with E-state index in [1.807, 2.05) is 23.1 Å². The maximum atomic E-state index is 12.6. The minimum Gasteiger partial charge on any atom is -0.398 e. The average molecular weight is 259 g/mol. The summed E-state index contributed by atoms with van der Waals surface area (Å²) < 4.78 is 0. The molecule has 1 aliphatic carbocycles. The molecule has 4 heteroatoms. The first-order chi connectivity index (χ1) is 9.16. The maximum absolute atomic E-state index is 12.6. The van der Waals surface area contributed by atoms with Gasteiger partial charge in [-0.25, -0.2) is 0 Å². The van der Waals surface area contributed by atoms with Crippen LogP contribution in [0.25, 0.3) is 0 Å². The van der Waals surface area contributed by atoms with E-state index in [-0.39, 0.29) is 17.9 Å². The van der Waals surface area contributed by atoms with Crippen molar-refractivity contribution in [2.24, 2.45) is 11.7 Å². The quantitative estimate of drug-likeness (QED) is 0.754. The maximum Gasteiger partial charge on any atom is 0.230 e. The highest BCUT2D eigenvalue weighted by molar-refractivity contribution is 5.97. The first-order valence-corrected chi connectivity index (χ1v) is 7.11. The van der Waals surface area contributed by atoms with Crippen LogP contribution in [0.1, 0.15) is 31.2 Å². The monoisotopic (exact) mass is 259 g/mol. The molecule has 3 rings (SSSR count). The number of carbonyl (C=O) groups is 1. The molecule has 1 heterocycles. The van der Waals surface area contributed by atoms with Crippen molar-refractivity contribution in [1.29, 1.82) is 0 Å². The van der Waals surface area contributed by atoms with Crippen molar-refractivity contribution in [3.05, 3.63) is 23.8 Å². The third kappa shape index (κ3) is 2.21. The lowest BCUT2D eigenvalue weighted by Crippen LogP contribution is -2.39. The van der Waals surface area contributed by atoms with Gasteiger partial charge in [-0.3, -0.25) is 4.79 Å². The normalized spacial score (nSPS) is 26.3. The Bertz CT molecular complexity index is 500. The Morgan fingerprint density at radius 3 is 2.89 bits per heavy atom. The second-order valence-corrected chi connectivity index (χ2v) is 5.71. The van der Waals surface area contributed by atoms with Crippen LogP contribution in [0.4, 0.5) is 11.4 Å². The van der Waals surface area contributed by atoms with Crippen LogP contribution in [0.3, 0.4) is 0 Å². The molecule has 0 bridgehead atoms. The topological polar surface area (TPSA) is 72.3 Å². The van der Waals surface area contributed by atoms with Crippen LogP contribution in [0.2, 0.25) is 0 Å². The van der Waals surface area contributed by atoms with Crippen molar-refractivity contribution < 1.29 is 4.79 Å². The number of hydrogen-bond acceptors (Lipinski definition) is 3. The average Bonchev–Trinajstić information content (AvgIpc) is 2.85. The van der Waals surface area contributed by atoms with Crippen molar-refractivity contribution in [2.45, 2.75) is 38.1 Å². The fraction of sp³-hybridized carbons (Fsp3) is 0.533. The van der Waals surface area contributed by atoms with Gasteiger partial charge in [0.1, 0.15) is 0 Å². The molecule has 1 aliphatic heterocycles. The molecule has 4 N–H and O–H groups in total. The van der Waals surface area contributed by atoms with Crippen LogP contribution in [0.5, 0.6) is 0 Å². The van der Waals surface area contributed by atoms with Gasteiger partial charge in [-0.05, 0) is 49.8 Å². The summed E-state index contributed by atoms with van der Waals surface area (Å²) in [7, 11) is 0. The molecule has 4 nitrogen and oxygen atoms in total. The van der Waals surface area contributed by atoms with Crippen molar-refractivity contribution >= 4 is 17.3 Å². The van der Waals surface area contributed by atoms with Crippen LogP contribution in [-0.2, 0) is 11.2 Å². The molecular weight excluding hydrogens is 238 g/mol. The molecule has 1 aromatic rings. The number of nitrogen functional groups attached to an aromatic ring is 1. The standard InChI is InChI=1S/C15H21N3O/c16-11-7-6-10(9-11)15(19)18-8-2-3-12-13(17)4-1-5-14(12)18/h1,4-5,10-11H,2-3,6-9,16-17H2. The second kappa shape index (κ2) is 4.85. The van der Waals surface area contributed by atoms with Gasteiger partial charge in [-0.15, -0.1) is 0 Å². The zero-order chi connectivity index (χ0) is 13.4. The third-order valence-electron chi connectivity index (χ3n) is 4.38. The molecular formula is C15H21N3O. The Balaban J connectivity index is 1.87. The first-order valence-electron chi connectivity index (χ1n) is 7.11. The van der Waals surface area contributed by atoms with E-state index in [9.17, 15) is 4.79 Å². The summed E-state index contributed by atoms with van der Waals surface area (Å²) in [5.41, 5.74) is 14.9. The van der Waals surface area contributed by atoms with Gasteiger partial charge in [0.05, 0.1) is 0 Å². The van der Waals surface area contributed by atoms with Crippen molar-refractivity contribution in [1.82, 2.24) is 0 Å². The van der Waals surface area contributed by atoms with Gasteiger partial charge in [-0.1, -0.05) is 6.07 Å². The zero-order valence-electron chi connectivity index (χ0n) is 11.1. The molecule has 19 heavy (non-hydrogen) atoms. The Labute approximate surface area is 113 Å². The lowest BCUT2D eigenvalue weighted by Gasteiger charge is -2.32. The molecule has 2 unspecified atom stereocenters. The lowest BCUT2D eigenvalue weighted by atomic mass is 9.97. The van der Waals surface area contributed by atoms with Gasteiger partial charge in [-0.2, -0.15) is 0 Å². The summed E-state index contributed by atoms with van der Waals surface area (Å²) in [6.45, 7) is 0.807. The molecule has 0 aromatic heterocycles. The number of carbonyl (C=O) groups excluding carboxylic acids is 1. The highest BCUT2D eigenvalue weighted by atomic mass is 16.2. The highest BCUT2D eigenvalue weighted by Crippen LogP contribution is 2.34. The number of rotatable bonds is 1. The Hall–Kier alpha value is -1.55. The summed E-state index contributed by atoms with van der Waals surface area (Å²) in [4.78, 5) is 14.6. The molecule has 1 saturated carbocycles. The van der Waals surface area contributed by atoms with Crippen molar-refractivity contribution in [3.8, 4) is 0 Å². The number of fused-ring (bicyclic) bond motifs is 1. The Kier molecular flexibility index (Phi) is 3.19. The molecule has 1 amide bonds. The largest absolute Gasteiger partial charge is 0.398 e. The number of amides is 1. The van der Waals surface area contributed by atoms with Gasteiger partial charge in [0.15, 0.2) is 0 Å². The fourth-order valence-corrected chi connectivity index (χ4v) is 3.34. The van der Waals surface area contributed by atoms with Crippen LogP contribution < -0.4 is 16.4 Å². The van der Waals surface area contributed by atoms with E-state index in [1.54, 1.807) is 0 Å². The summed E-state index contributed by atoms with van der Waals surface area (Å²) in [6.07, 6.45) is 4.68. The number of benzene rings is 1. The van der Waals surface area contributed by atoms with Crippen molar-refractivity contribution in [3.63, 3.8) is 0 Å². The Morgan fingerprint density at radius 2 is 2.16 bits per heavy atom. The molecule has 0 radical (unpaired) electrons. The fourth-order valence-electron chi connectivity index (χ4n) is 3.34. The van der Waals surface area contributed by atoms with Crippen LogP contribution >= 0.6 is 0 Å². The van der Waals surface area contributed by atoms with Crippen molar-refractivity contribution in [2.75, 3.05) is 17.2 Å². The highest BCUT2D eigenvalue weighted by Gasteiger charge is 2.33. The molecule has 0 spiro atoms. The lowest BCUT2D eigenvalue weighted by molar-refractivity contribution is -0.122. The minimum atomic E-state index is 0.0994. The Morgan fingerprint density at radius 1 is 1.32 bits per heavy atom. The van der Waals surface area contributed by atoms with E-state index in [0.717, 1.165) is 55.6 Å². The zero-order valence-corrected chi connectivity index (χ0v) is 11.1. The van der Waals surface area contributed by atoms with Gasteiger partial charge in [0.25, 0.3) is 0 Å². The van der Waals surface area contributed by atoms with E-state index in [1.165, 1.54) is 0 Å². The van der Waals surface area contributed by atoms with Crippen LogP contribution in [0, 0.1) is 5.92 Å². The SMILES string of the molecule is Nc1cccc2c1CCCN2C(=O)C1CCC(N)C1. The van der Waals surface area contributed by atoms with Gasteiger partial charge in [0.2, 0.25) is 5.91 Å². The molecule has 1 fully saturated rings. The number of nitrogens with zero attached hydrogens (tertiary/aromatic N) is 1. The smallest absolute Gasteiger partial charge is 0.230 e. The van der Waals surface area contributed by atoms with E-state index in [0.29, 0.717) is 0 Å². The molecule has 102 valence electrons. The second-order valence-electron chi connectivity index (χ2n) is 5.71. The molecule has 2 atom stereocenters. The molecule has 1 aromatic carbocycles. The third-order valence-corrected chi connectivity index (χ3v) is 4.38. The predicted molar refractivity (Wildman–Crippen MR) is 76.8 cm³/mol. The van der Waals surface area contributed by atoms with E-state index in [2.05, 4.69) is 0 Å². The molecule has 2 aliphatic rings. The molecule has 0 saturated heterocycles. The number of nitrogens with two attached hydrogens (primary N) is 2. The summed E-state index contributed by atoms with van der Waals surface area (Å²) >= 11 is 0. The summed E-state index contributed by atoms with van der Waals surface area (Å²) in [5, 5.41) is 0. The van der Waals surface area contributed by atoms with Crippen LogP contribution in [0.15, 0.2) is 18.2 Å². The van der Waals surface area contributed by atoms with Gasteiger partial charge < -0.3 is 16.4 Å². The van der Waals surface area contributed by atoms with E-state index < -0.39 is 0 Å².